The summed E-state index contributed by atoms with van der Waals surface area (Å²) < 4.78 is 30.1. The summed E-state index contributed by atoms with van der Waals surface area (Å²) in [4.78, 5) is 12.5. The summed E-state index contributed by atoms with van der Waals surface area (Å²) in [7, 11) is -4.79. The maximum Gasteiger partial charge on any atom is 0.300 e. The van der Waals surface area contributed by atoms with Crippen molar-refractivity contribution < 1.29 is 22.9 Å². The van der Waals surface area contributed by atoms with Gasteiger partial charge >= 0.3 is 0 Å². The lowest BCUT2D eigenvalue weighted by Gasteiger charge is -2.03. The van der Waals surface area contributed by atoms with Gasteiger partial charge in [0, 0.05) is 4.88 Å². The van der Waals surface area contributed by atoms with E-state index in [1.807, 2.05) is 30.3 Å². The first-order valence-electron chi connectivity index (χ1n) is 5.23. The Morgan fingerprint density at radius 1 is 1.11 bits per heavy atom. The number of hydrogen-bond donors (Lipinski definition) is 2. The van der Waals surface area contributed by atoms with Crippen LogP contribution in [0.15, 0.2) is 42.5 Å². The van der Waals surface area contributed by atoms with Crippen molar-refractivity contribution in [2.75, 3.05) is 0 Å². The van der Waals surface area contributed by atoms with E-state index in [0.29, 0.717) is 0 Å². The number of aliphatic hydroxyl groups excluding tert-OH is 1. The SMILES string of the molecule is O=C(c1ccc(-c2ccccc2)s1)C(O)S(=O)(=O)O. The van der Waals surface area contributed by atoms with Crippen molar-refractivity contribution in [3.05, 3.63) is 47.3 Å². The molecule has 0 bridgehead atoms. The van der Waals surface area contributed by atoms with Gasteiger partial charge in [-0.05, 0) is 17.7 Å². The van der Waals surface area contributed by atoms with Crippen LogP contribution in [0.25, 0.3) is 10.4 Å². The molecule has 1 heterocycles. The molecule has 1 aromatic heterocycles. The number of rotatable bonds is 4. The van der Waals surface area contributed by atoms with Crippen LogP contribution in [0.4, 0.5) is 0 Å². The molecule has 5 nitrogen and oxygen atoms in total. The van der Waals surface area contributed by atoms with Crippen LogP contribution in [0.3, 0.4) is 0 Å². The third kappa shape index (κ3) is 3.07. The Morgan fingerprint density at radius 2 is 1.74 bits per heavy atom. The van der Waals surface area contributed by atoms with Crippen LogP contribution in [0, 0.1) is 0 Å². The van der Waals surface area contributed by atoms with Crippen molar-refractivity contribution in [1.82, 2.24) is 0 Å². The second kappa shape index (κ2) is 5.22. The molecule has 1 unspecified atom stereocenters. The maximum absolute atomic E-state index is 11.7. The minimum absolute atomic E-state index is 0.0731. The largest absolute Gasteiger partial charge is 0.369 e. The molecule has 0 saturated heterocycles. The van der Waals surface area contributed by atoms with E-state index in [2.05, 4.69) is 0 Å². The zero-order chi connectivity index (χ0) is 14.0. The number of thiophene rings is 1. The van der Waals surface area contributed by atoms with Gasteiger partial charge < -0.3 is 5.11 Å². The number of carbonyl (C=O) groups excluding carboxylic acids is 1. The molecule has 0 fully saturated rings. The van der Waals surface area contributed by atoms with Gasteiger partial charge in [-0.3, -0.25) is 9.35 Å². The summed E-state index contributed by atoms with van der Waals surface area (Å²) in [5, 5.41) is 9.21. The van der Waals surface area contributed by atoms with Crippen LogP contribution in [0.1, 0.15) is 9.67 Å². The molecule has 0 aliphatic heterocycles. The van der Waals surface area contributed by atoms with E-state index in [-0.39, 0.29) is 4.88 Å². The molecule has 2 rings (SSSR count). The molecular weight excluding hydrogens is 288 g/mol. The Bertz CT molecular complexity index is 688. The molecule has 2 N–H and O–H groups in total. The minimum Gasteiger partial charge on any atom is -0.369 e. The number of hydrogen-bond acceptors (Lipinski definition) is 5. The lowest BCUT2D eigenvalue weighted by atomic mass is 10.2. The van der Waals surface area contributed by atoms with Gasteiger partial charge in [0.1, 0.15) is 0 Å². The highest BCUT2D eigenvalue weighted by Crippen LogP contribution is 2.28. The highest BCUT2D eigenvalue weighted by atomic mass is 32.2. The van der Waals surface area contributed by atoms with Crippen LogP contribution in [-0.4, -0.2) is 29.3 Å². The van der Waals surface area contributed by atoms with Gasteiger partial charge in [0.05, 0.1) is 4.88 Å². The Balaban J connectivity index is 2.30. The summed E-state index contributed by atoms with van der Waals surface area (Å²) in [6.07, 6.45) is 0. The summed E-state index contributed by atoms with van der Waals surface area (Å²) in [5.74, 6) is -1.03. The van der Waals surface area contributed by atoms with Crippen molar-refractivity contribution in [2.45, 2.75) is 5.44 Å². The fourth-order valence-corrected chi connectivity index (χ4v) is 2.93. The van der Waals surface area contributed by atoms with E-state index < -0.39 is 21.3 Å². The van der Waals surface area contributed by atoms with E-state index in [1.165, 1.54) is 6.07 Å². The number of Topliss-reactive ketones (excluding diaryl/α,β-unsaturated/α-hetero) is 1. The van der Waals surface area contributed by atoms with Gasteiger partial charge in [-0.1, -0.05) is 30.3 Å². The molecule has 19 heavy (non-hydrogen) atoms. The van der Waals surface area contributed by atoms with E-state index in [0.717, 1.165) is 21.8 Å². The first-order valence-corrected chi connectivity index (χ1v) is 7.55. The third-order valence-electron chi connectivity index (χ3n) is 2.41. The molecule has 2 aromatic rings. The van der Waals surface area contributed by atoms with Crippen LogP contribution < -0.4 is 0 Å². The molecule has 0 radical (unpaired) electrons. The minimum atomic E-state index is -4.79. The van der Waals surface area contributed by atoms with Gasteiger partial charge in [0.2, 0.25) is 11.2 Å². The topological polar surface area (TPSA) is 91.7 Å². The Labute approximate surface area is 113 Å². The summed E-state index contributed by atoms with van der Waals surface area (Å²) >= 11 is 1.05. The highest BCUT2D eigenvalue weighted by molar-refractivity contribution is 7.87. The van der Waals surface area contributed by atoms with Crippen LogP contribution in [-0.2, 0) is 10.1 Å². The Hall–Kier alpha value is -1.54. The van der Waals surface area contributed by atoms with Crippen LogP contribution >= 0.6 is 11.3 Å². The predicted molar refractivity (Wildman–Crippen MR) is 71.6 cm³/mol. The van der Waals surface area contributed by atoms with Gasteiger partial charge in [0.25, 0.3) is 10.1 Å². The maximum atomic E-state index is 11.7. The number of carbonyl (C=O) groups is 1. The molecule has 1 aromatic carbocycles. The summed E-state index contributed by atoms with van der Waals surface area (Å²) in [5.41, 5.74) is -1.55. The normalized spacial score (nSPS) is 13.2. The molecule has 0 saturated carbocycles. The summed E-state index contributed by atoms with van der Waals surface area (Å²) in [6.45, 7) is 0. The van der Waals surface area contributed by atoms with Crippen molar-refractivity contribution in [1.29, 1.82) is 0 Å². The molecule has 0 amide bonds. The molecular formula is C12H10O5S2. The van der Waals surface area contributed by atoms with Gasteiger partial charge in [-0.15, -0.1) is 11.3 Å². The average molecular weight is 298 g/mol. The Morgan fingerprint density at radius 3 is 2.32 bits per heavy atom. The smallest absolute Gasteiger partial charge is 0.300 e. The van der Waals surface area contributed by atoms with Crippen molar-refractivity contribution in [3.8, 4) is 10.4 Å². The van der Waals surface area contributed by atoms with Gasteiger partial charge in [-0.2, -0.15) is 8.42 Å². The predicted octanol–water partition coefficient (Wildman–Crippen LogP) is 1.80. The summed E-state index contributed by atoms with van der Waals surface area (Å²) in [6, 6.07) is 12.3. The Kier molecular flexibility index (Phi) is 3.81. The number of aliphatic hydroxyl groups is 1. The quantitative estimate of drug-likeness (QED) is 0.663. The molecule has 0 aliphatic rings. The zero-order valence-electron chi connectivity index (χ0n) is 9.55. The monoisotopic (exact) mass is 298 g/mol. The fraction of sp³-hybridized carbons (Fsp3) is 0.0833. The number of benzene rings is 1. The lowest BCUT2D eigenvalue weighted by molar-refractivity contribution is 0.0853. The van der Waals surface area contributed by atoms with Crippen LogP contribution in [0.5, 0.6) is 0 Å². The fourth-order valence-electron chi connectivity index (χ4n) is 1.48. The van der Waals surface area contributed by atoms with Crippen molar-refractivity contribution in [2.24, 2.45) is 0 Å². The van der Waals surface area contributed by atoms with E-state index in [4.69, 9.17) is 4.55 Å². The van der Waals surface area contributed by atoms with Gasteiger partial charge in [0.15, 0.2) is 0 Å². The average Bonchev–Trinajstić information content (AvgIpc) is 2.86. The highest BCUT2D eigenvalue weighted by Gasteiger charge is 2.30. The van der Waals surface area contributed by atoms with E-state index in [9.17, 15) is 18.3 Å². The lowest BCUT2D eigenvalue weighted by Crippen LogP contribution is -2.28. The second-order valence-corrected chi connectivity index (χ2v) is 6.32. The zero-order valence-corrected chi connectivity index (χ0v) is 11.2. The number of ketones is 1. The van der Waals surface area contributed by atoms with Crippen molar-refractivity contribution in [3.63, 3.8) is 0 Å². The first kappa shape index (κ1) is 13.9. The van der Waals surface area contributed by atoms with Crippen molar-refractivity contribution >= 4 is 27.2 Å². The van der Waals surface area contributed by atoms with Crippen LogP contribution in [0.2, 0.25) is 0 Å². The molecule has 7 heteroatoms. The molecule has 0 aliphatic carbocycles. The third-order valence-corrected chi connectivity index (χ3v) is 4.34. The van der Waals surface area contributed by atoms with E-state index >= 15 is 0 Å². The van der Waals surface area contributed by atoms with Gasteiger partial charge in [-0.25, -0.2) is 0 Å². The van der Waals surface area contributed by atoms with E-state index in [1.54, 1.807) is 6.07 Å². The molecule has 100 valence electrons. The molecule has 1 atom stereocenters. The molecule has 0 spiro atoms. The standard InChI is InChI=1S/C12H10O5S2/c13-11(12(14)19(15,16)17)10-7-6-9(18-10)8-4-2-1-3-5-8/h1-7,12,14H,(H,15,16,17). The second-order valence-electron chi connectivity index (χ2n) is 3.76. The first-order chi connectivity index (χ1) is 8.89.